The van der Waals surface area contributed by atoms with Crippen molar-refractivity contribution < 1.29 is 29.7 Å². The van der Waals surface area contributed by atoms with Gasteiger partial charge in [-0.2, -0.15) is 11.3 Å². The van der Waals surface area contributed by atoms with Crippen LogP contribution in [0.5, 0.6) is 5.75 Å². The molecule has 0 spiro atoms. The number of nitrogens with zero attached hydrogens (tertiary/aromatic N) is 2. The largest absolute Gasteiger partial charge is 0.508 e. The Morgan fingerprint density at radius 3 is 2.39 bits per heavy atom. The highest BCUT2D eigenvalue weighted by Gasteiger charge is 2.28. The zero-order valence-corrected chi connectivity index (χ0v) is 21.6. The van der Waals surface area contributed by atoms with Gasteiger partial charge in [0, 0.05) is 17.1 Å². The lowest BCUT2D eigenvalue weighted by Gasteiger charge is -2.18. The summed E-state index contributed by atoms with van der Waals surface area (Å²) in [6.45, 7) is 3.76. The van der Waals surface area contributed by atoms with Gasteiger partial charge in [-0.05, 0) is 53.6 Å². The summed E-state index contributed by atoms with van der Waals surface area (Å²) in [7, 11) is 0. The van der Waals surface area contributed by atoms with Crippen molar-refractivity contribution in [2.24, 2.45) is 5.92 Å². The average molecular weight is 537 g/mol. The second-order valence-corrected chi connectivity index (χ2v) is 10.0. The molecule has 0 aliphatic carbocycles. The summed E-state index contributed by atoms with van der Waals surface area (Å²) in [4.78, 5) is 43.4. The first-order valence-corrected chi connectivity index (χ1v) is 12.9. The predicted octanol–water partition coefficient (Wildman–Crippen LogP) is 3.46. The third-order valence-electron chi connectivity index (χ3n) is 5.96. The van der Waals surface area contributed by atoms with Gasteiger partial charge in [0.25, 0.3) is 11.8 Å². The number of carboxylic acid groups (broad SMARTS) is 1. The second-order valence-electron chi connectivity index (χ2n) is 9.26. The first kappa shape index (κ1) is 26.8. The van der Waals surface area contributed by atoms with E-state index in [0.29, 0.717) is 17.7 Å². The van der Waals surface area contributed by atoms with Crippen molar-refractivity contribution in [1.29, 1.82) is 0 Å². The molecule has 2 unspecified atom stereocenters. The summed E-state index contributed by atoms with van der Waals surface area (Å²) < 4.78 is 1.50. The van der Waals surface area contributed by atoms with Gasteiger partial charge >= 0.3 is 5.97 Å². The molecule has 38 heavy (non-hydrogen) atoms. The Hall–Kier alpha value is -4.22. The summed E-state index contributed by atoms with van der Waals surface area (Å²) in [6.07, 6.45) is 2.18. The number of aliphatic hydroxyl groups is 1. The minimum Gasteiger partial charge on any atom is -0.508 e. The molecule has 10 nitrogen and oxygen atoms in total. The lowest BCUT2D eigenvalue weighted by molar-refractivity contribution is -0.139. The van der Waals surface area contributed by atoms with Gasteiger partial charge in [-0.15, -0.1) is 0 Å². The standard InChI is InChI=1S/C27H28N4O6S/c1-15(2)12-18(13-32)28-26(35)23-21(17-9-11-38-14-17)29-24-20(4-3-10-31(23)24)25(34)30-22(27(36)37)16-5-7-19(33)8-6-16/h3-11,14-15,18,22,32-33H,12-13H2,1-2H3,(H,28,35)(H,30,34)(H,36,37). The molecule has 3 aromatic heterocycles. The van der Waals surface area contributed by atoms with Crippen molar-refractivity contribution in [1.82, 2.24) is 20.0 Å². The fourth-order valence-electron chi connectivity index (χ4n) is 4.23. The topological polar surface area (TPSA) is 153 Å². The van der Waals surface area contributed by atoms with E-state index in [4.69, 9.17) is 0 Å². The fraction of sp³-hybridized carbons (Fsp3) is 0.259. The van der Waals surface area contributed by atoms with E-state index in [0.717, 1.165) is 0 Å². The second kappa shape index (κ2) is 11.4. The van der Waals surface area contributed by atoms with E-state index in [1.165, 1.54) is 46.1 Å². The molecule has 0 aliphatic rings. The Bertz CT molecular complexity index is 1450. The minimum atomic E-state index is -1.38. The van der Waals surface area contributed by atoms with Crippen LogP contribution in [0, 0.1) is 5.92 Å². The van der Waals surface area contributed by atoms with Crippen LogP contribution in [0.15, 0.2) is 59.4 Å². The molecule has 3 heterocycles. The zero-order valence-electron chi connectivity index (χ0n) is 20.8. The summed E-state index contributed by atoms with van der Waals surface area (Å²) in [5, 5.41) is 38.1. The lowest BCUT2D eigenvalue weighted by atomic mass is 10.0. The molecule has 2 atom stereocenters. The Labute approximate surface area is 222 Å². The van der Waals surface area contributed by atoms with Gasteiger partial charge in [0.15, 0.2) is 11.7 Å². The third kappa shape index (κ3) is 5.68. The number of aromatic nitrogens is 2. The molecule has 0 saturated carbocycles. The number of aliphatic carboxylic acids is 1. The number of thiophene rings is 1. The molecular weight excluding hydrogens is 508 g/mol. The van der Waals surface area contributed by atoms with Gasteiger partial charge in [-0.3, -0.25) is 14.0 Å². The minimum absolute atomic E-state index is 0.0324. The highest BCUT2D eigenvalue weighted by molar-refractivity contribution is 7.08. The van der Waals surface area contributed by atoms with Crippen molar-refractivity contribution in [2.45, 2.75) is 32.4 Å². The molecule has 0 saturated heterocycles. The maximum Gasteiger partial charge on any atom is 0.330 e. The number of aromatic hydroxyl groups is 1. The molecule has 0 aliphatic heterocycles. The Morgan fingerprint density at radius 2 is 1.79 bits per heavy atom. The molecule has 4 rings (SSSR count). The number of aliphatic hydroxyl groups excluding tert-OH is 1. The van der Waals surface area contributed by atoms with Crippen LogP contribution in [0.25, 0.3) is 16.9 Å². The van der Waals surface area contributed by atoms with Crippen molar-refractivity contribution in [3.63, 3.8) is 0 Å². The van der Waals surface area contributed by atoms with Gasteiger partial charge in [0.1, 0.15) is 17.1 Å². The monoisotopic (exact) mass is 536 g/mol. The Kier molecular flexibility index (Phi) is 8.08. The maximum atomic E-state index is 13.5. The highest BCUT2D eigenvalue weighted by atomic mass is 32.1. The van der Waals surface area contributed by atoms with Gasteiger partial charge in [0.05, 0.1) is 18.2 Å². The van der Waals surface area contributed by atoms with Crippen molar-refractivity contribution in [3.05, 3.63) is 76.2 Å². The average Bonchev–Trinajstić information content (AvgIpc) is 3.54. The van der Waals surface area contributed by atoms with Gasteiger partial charge in [0.2, 0.25) is 0 Å². The van der Waals surface area contributed by atoms with E-state index in [9.17, 15) is 29.7 Å². The van der Waals surface area contributed by atoms with Crippen LogP contribution in [-0.4, -0.2) is 55.1 Å². The summed E-state index contributed by atoms with van der Waals surface area (Å²) in [5.74, 6) is -2.22. The molecular formula is C27H28N4O6S. The molecule has 11 heteroatoms. The molecule has 198 valence electrons. The van der Waals surface area contributed by atoms with Gasteiger partial charge < -0.3 is 26.0 Å². The quantitative estimate of drug-likeness (QED) is 0.208. The third-order valence-corrected chi connectivity index (χ3v) is 6.65. The molecule has 5 N–H and O–H groups in total. The molecule has 1 aromatic carbocycles. The number of carbonyl (C=O) groups is 3. The van der Waals surface area contributed by atoms with E-state index in [1.807, 2.05) is 30.7 Å². The summed E-state index contributed by atoms with van der Waals surface area (Å²) in [6, 6.07) is 8.55. The number of imidazole rings is 1. The number of benzene rings is 1. The van der Waals surface area contributed by atoms with E-state index >= 15 is 0 Å². The Balaban J connectivity index is 1.75. The number of rotatable bonds is 10. The number of nitrogens with one attached hydrogen (secondary N) is 2. The zero-order chi connectivity index (χ0) is 27.4. The van der Waals surface area contributed by atoms with Gasteiger partial charge in [-0.25, -0.2) is 9.78 Å². The van der Waals surface area contributed by atoms with Crippen LogP contribution >= 0.6 is 11.3 Å². The number of hydrogen-bond donors (Lipinski definition) is 5. The predicted molar refractivity (Wildman–Crippen MR) is 142 cm³/mol. The molecule has 4 aromatic rings. The van der Waals surface area contributed by atoms with Crippen LogP contribution in [0.1, 0.15) is 52.7 Å². The van der Waals surface area contributed by atoms with Gasteiger partial charge in [-0.1, -0.05) is 26.0 Å². The Morgan fingerprint density at radius 1 is 1.05 bits per heavy atom. The number of pyridine rings is 1. The smallest absolute Gasteiger partial charge is 0.330 e. The molecule has 0 fully saturated rings. The summed E-state index contributed by atoms with van der Waals surface area (Å²) in [5.41, 5.74) is 1.77. The lowest BCUT2D eigenvalue weighted by Crippen LogP contribution is -2.39. The number of amides is 2. The van der Waals surface area contributed by atoms with E-state index < -0.39 is 29.9 Å². The number of carboxylic acids is 1. The SMILES string of the molecule is CC(C)CC(CO)NC(=O)c1c(-c2ccsc2)nc2c(C(=O)NC(C(=O)O)c3ccc(O)cc3)cccn12. The van der Waals surface area contributed by atoms with Crippen molar-refractivity contribution >= 4 is 34.8 Å². The maximum absolute atomic E-state index is 13.5. The molecule has 0 bridgehead atoms. The van der Waals surface area contributed by atoms with Crippen LogP contribution in [0.4, 0.5) is 0 Å². The van der Waals surface area contributed by atoms with Crippen molar-refractivity contribution in [2.75, 3.05) is 6.61 Å². The van der Waals surface area contributed by atoms with Crippen LogP contribution in [-0.2, 0) is 4.79 Å². The normalized spacial score (nSPS) is 12.8. The number of phenols is 1. The highest BCUT2D eigenvalue weighted by Crippen LogP contribution is 2.28. The van der Waals surface area contributed by atoms with Crippen LogP contribution in [0.3, 0.4) is 0 Å². The van der Waals surface area contributed by atoms with E-state index in [-0.39, 0.29) is 40.7 Å². The first-order valence-electron chi connectivity index (χ1n) is 12.0. The number of carbonyl (C=O) groups excluding carboxylic acids is 2. The summed E-state index contributed by atoms with van der Waals surface area (Å²) >= 11 is 1.43. The van der Waals surface area contributed by atoms with Crippen LogP contribution < -0.4 is 10.6 Å². The van der Waals surface area contributed by atoms with Crippen LogP contribution in [0.2, 0.25) is 0 Å². The van der Waals surface area contributed by atoms with E-state index in [2.05, 4.69) is 15.6 Å². The number of fused-ring (bicyclic) bond motifs is 1. The van der Waals surface area contributed by atoms with E-state index in [1.54, 1.807) is 12.3 Å². The first-order chi connectivity index (χ1) is 18.2. The van der Waals surface area contributed by atoms with Crippen molar-refractivity contribution in [3.8, 4) is 17.0 Å². The molecule has 2 amide bonds. The molecule has 0 radical (unpaired) electrons. The fourth-order valence-corrected chi connectivity index (χ4v) is 4.87. The number of hydrogen-bond acceptors (Lipinski definition) is 7. The number of phenolic OH excluding ortho intramolecular Hbond substituents is 1.